The number of fused-ring (bicyclic) bond motifs is 2. The SMILES string of the molecule is COc1ccc(N2CCC(N3CCCC4(CCc5cnc(N)nc54)C3)CC2)cc1. The molecule has 6 heteroatoms. The van der Waals surface area contributed by atoms with Crippen LogP contribution in [0.2, 0.25) is 0 Å². The first kappa shape index (κ1) is 18.7. The van der Waals surface area contributed by atoms with E-state index in [9.17, 15) is 0 Å². The lowest BCUT2D eigenvalue weighted by Crippen LogP contribution is -2.52. The van der Waals surface area contributed by atoms with Gasteiger partial charge < -0.3 is 15.4 Å². The molecule has 0 radical (unpaired) electrons. The summed E-state index contributed by atoms with van der Waals surface area (Å²) in [5, 5.41) is 0. The minimum absolute atomic E-state index is 0.192. The van der Waals surface area contributed by atoms with Crippen LogP contribution in [0.5, 0.6) is 5.75 Å². The van der Waals surface area contributed by atoms with E-state index in [1.54, 1.807) is 7.11 Å². The number of methoxy groups -OCH3 is 1. The highest BCUT2D eigenvalue weighted by Gasteiger charge is 2.45. The molecule has 1 unspecified atom stereocenters. The molecular weight excluding hydrogens is 362 g/mol. The molecule has 1 spiro atoms. The van der Waals surface area contributed by atoms with Crippen LogP contribution in [0.1, 0.15) is 43.4 Å². The van der Waals surface area contributed by atoms with Gasteiger partial charge in [-0.15, -0.1) is 0 Å². The molecule has 0 amide bonds. The van der Waals surface area contributed by atoms with Crippen molar-refractivity contribution >= 4 is 11.6 Å². The molecule has 2 aliphatic heterocycles. The van der Waals surface area contributed by atoms with Gasteiger partial charge >= 0.3 is 0 Å². The van der Waals surface area contributed by atoms with Crippen molar-refractivity contribution in [1.29, 1.82) is 0 Å². The number of hydrogen-bond donors (Lipinski definition) is 1. The minimum Gasteiger partial charge on any atom is -0.497 e. The van der Waals surface area contributed by atoms with E-state index in [2.05, 4.69) is 39.0 Å². The predicted molar refractivity (Wildman–Crippen MR) is 115 cm³/mol. The maximum absolute atomic E-state index is 5.94. The number of nitrogen functional groups attached to an aromatic ring is 1. The van der Waals surface area contributed by atoms with Crippen molar-refractivity contribution in [1.82, 2.24) is 14.9 Å². The molecule has 1 aromatic heterocycles. The van der Waals surface area contributed by atoms with Crippen LogP contribution in [0.4, 0.5) is 11.6 Å². The highest BCUT2D eigenvalue weighted by Crippen LogP contribution is 2.45. The number of benzene rings is 1. The summed E-state index contributed by atoms with van der Waals surface area (Å²) in [6.45, 7) is 4.58. The number of anilines is 2. The summed E-state index contributed by atoms with van der Waals surface area (Å²) in [5.41, 5.74) is 9.99. The Morgan fingerprint density at radius 3 is 2.66 bits per heavy atom. The van der Waals surface area contributed by atoms with Crippen LogP contribution >= 0.6 is 0 Å². The maximum atomic E-state index is 5.94. The molecule has 2 fully saturated rings. The third-order valence-electron chi connectivity index (χ3n) is 7.28. The average Bonchev–Trinajstić information content (AvgIpc) is 3.11. The Hall–Kier alpha value is -2.34. The summed E-state index contributed by atoms with van der Waals surface area (Å²) >= 11 is 0. The maximum Gasteiger partial charge on any atom is 0.220 e. The van der Waals surface area contributed by atoms with Gasteiger partial charge in [-0.25, -0.2) is 9.97 Å². The van der Waals surface area contributed by atoms with Crippen LogP contribution in [-0.2, 0) is 11.8 Å². The standard InChI is InChI=1S/C23H31N5O/c1-29-20-5-3-18(4-6-20)27-13-8-19(9-14-27)28-12-2-10-23(16-28)11-7-17-15-25-22(24)26-21(17)23/h3-6,15,19H,2,7-14,16H2,1H3,(H2,24,25,26). The van der Waals surface area contributed by atoms with E-state index in [1.165, 1.54) is 55.6 Å². The first-order valence-corrected chi connectivity index (χ1v) is 10.9. The Morgan fingerprint density at radius 2 is 1.90 bits per heavy atom. The van der Waals surface area contributed by atoms with Gasteiger partial charge in [0.25, 0.3) is 0 Å². The van der Waals surface area contributed by atoms with Crippen LogP contribution in [-0.4, -0.2) is 54.2 Å². The topological polar surface area (TPSA) is 67.5 Å². The van der Waals surface area contributed by atoms with Gasteiger partial charge in [0.15, 0.2) is 0 Å². The number of likely N-dealkylation sites (tertiary alicyclic amines) is 1. The highest BCUT2D eigenvalue weighted by molar-refractivity contribution is 5.49. The van der Waals surface area contributed by atoms with Crippen LogP contribution in [0.25, 0.3) is 0 Å². The van der Waals surface area contributed by atoms with Crippen LogP contribution in [0, 0.1) is 0 Å². The van der Waals surface area contributed by atoms with Crippen LogP contribution in [0.3, 0.4) is 0 Å². The van der Waals surface area contributed by atoms with Crippen LogP contribution < -0.4 is 15.4 Å². The molecule has 1 atom stereocenters. The average molecular weight is 394 g/mol. The summed E-state index contributed by atoms with van der Waals surface area (Å²) in [6.07, 6.45) is 9.18. The molecule has 0 bridgehead atoms. The van der Waals surface area contributed by atoms with Crippen molar-refractivity contribution in [3.05, 3.63) is 41.7 Å². The van der Waals surface area contributed by atoms with Crippen molar-refractivity contribution in [3.63, 3.8) is 0 Å². The summed E-state index contributed by atoms with van der Waals surface area (Å²) in [4.78, 5) is 14.2. The number of piperidine rings is 2. The smallest absolute Gasteiger partial charge is 0.220 e. The molecule has 1 aromatic carbocycles. The largest absolute Gasteiger partial charge is 0.497 e. The molecule has 5 rings (SSSR count). The van der Waals surface area contributed by atoms with Crippen LogP contribution in [0.15, 0.2) is 30.5 Å². The van der Waals surface area contributed by atoms with Crippen molar-refractivity contribution in [2.75, 3.05) is 43.9 Å². The third kappa shape index (κ3) is 3.44. The molecule has 0 saturated carbocycles. The summed E-state index contributed by atoms with van der Waals surface area (Å²) < 4.78 is 5.29. The fourth-order valence-electron chi connectivity index (χ4n) is 5.71. The van der Waals surface area contributed by atoms with E-state index < -0.39 is 0 Å². The normalized spacial score (nSPS) is 25.3. The van der Waals surface area contributed by atoms with Gasteiger partial charge in [-0.2, -0.15) is 0 Å². The van der Waals surface area contributed by atoms with E-state index in [0.717, 1.165) is 31.8 Å². The molecule has 29 heavy (non-hydrogen) atoms. The lowest BCUT2D eigenvalue weighted by atomic mass is 9.76. The Bertz CT molecular complexity index is 858. The van der Waals surface area contributed by atoms with Crippen molar-refractivity contribution in [3.8, 4) is 5.75 Å². The first-order chi connectivity index (χ1) is 14.2. The second-order valence-corrected chi connectivity index (χ2v) is 8.87. The molecule has 2 aromatic rings. The second kappa shape index (κ2) is 7.48. The molecule has 3 aliphatic rings. The molecule has 6 nitrogen and oxygen atoms in total. The van der Waals surface area contributed by atoms with E-state index >= 15 is 0 Å². The zero-order valence-electron chi connectivity index (χ0n) is 17.3. The number of aromatic nitrogens is 2. The summed E-state index contributed by atoms with van der Waals surface area (Å²) in [7, 11) is 1.72. The highest BCUT2D eigenvalue weighted by atomic mass is 16.5. The lowest BCUT2D eigenvalue weighted by Gasteiger charge is -2.46. The van der Waals surface area contributed by atoms with E-state index in [4.69, 9.17) is 15.5 Å². The number of aryl methyl sites for hydroxylation is 1. The number of nitrogens with two attached hydrogens (primary N) is 1. The van der Waals surface area contributed by atoms with Gasteiger partial charge in [0, 0.05) is 43.0 Å². The molecular formula is C23H31N5O. The Labute approximate surface area is 173 Å². The fourth-order valence-corrected chi connectivity index (χ4v) is 5.71. The van der Waals surface area contributed by atoms with Gasteiger partial charge in [-0.05, 0) is 74.9 Å². The number of rotatable bonds is 3. The van der Waals surface area contributed by atoms with E-state index in [1.807, 2.05) is 6.20 Å². The van der Waals surface area contributed by atoms with Gasteiger partial charge in [0.1, 0.15) is 5.75 Å². The molecule has 3 heterocycles. The Kier molecular flexibility index (Phi) is 4.82. The monoisotopic (exact) mass is 393 g/mol. The van der Waals surface area contributed by atoms with Crippen molar-refractivity contribution in [2.24, 2.45) is 0 Å². The van der Waals surface area contributed by atoms with Gasteiger partial charge in [0.2, 0.25) is 5.95 Å². The molecule has 2 saturated heterocycles. The quantitative estimate of drug-likeness (QED) is 0.865. The first-order valence-electron chi connectivity index (χ1n) is 10.9. The van der Waals surface area contributed by atoms with Gasteiger partial charge in [-0.3, -0.25) is 4.90 Å². The predicted octanol–water partition coefficient (Wildman–Crippen LogP) is 3.02. The molecule has 2 N–H and O–H groups in total. The summed E-state index contributed by atoms with van der Waals surface area (Å²) in [5.74, 6) is 1.35. The Balaban J connectivity index is 1.25. The number of hydrogen-bond acceptors (Lipinski definition) is 6. The third-order valence-corrected chi connectivity index (χ3v) is 7.28. The molecule has 154 valence electrons. The fraction of sp³-hybridized carbons (Fsp3) is 0.565. The van der Waals surface area contributed by atoms with Gasteiger partial charge in [0.05, 0.1) is 12.8 Å². The second-order valence-electron chi connectivity index (χ2n) is 8.87. The van der Waals surface area contributed by atoms with Crippen molar-refractivity contribution in [2.45, 2.75) is 50.0 Å². The van der Waals surface area contributed by atoms with E-state index in [-0.39, 0.29) is 5.41 Å². The zero-order chi connectivity index (χ0) is 19.8. The number of ether oxygens (including phenoxy) is 1. The van der Waals surface area contributed by atoms with Crippen molar-refractivity contribution < 1.29 is 4.74 Å². The minimum atomic E-state index is 0.192. The summed E-state index contributed by atoms with van der Waals surface area (Å²) in [6, 6.07) is 9.13. The van der Waals surface area contributed by atoms with Gasteiger partial charge in [-0.1, -0.05) is 0 Å². The van der Waals surface area contributed by atoms with E-state index in [0.29, 0.717) is 12.0 Å². The Morgan fingerprint density at radius 1 is 1.10 bits per heavy atom. The zero-order valence-corrected chi connectivity index (χ0v) is 17.3. The number of nitrogens with zero attached hydrogens (tertiary/aromatic N) is 4. The lowest BCUT2D eigenvalue weighted by molar-refractivity contribution is 0.0861. The molecule has 1 aliphatic carbocycles.